The van der Waals surface area contributed by atoms with E-state index in [-0.39, 0.29) is 32.5 Å². The third-order valence-electron chi connectivity index (χ3n) is 15.4. The fourth-order valence-electron chi connectivity index (χ4n) is 10.6. The van der Waals surface area contributed by atoms with Gasteiger partial charge in [-0.15, -0.1) is 0 Å². The first-order chi connectivity index (χ1) is 33.6. The summed E-state index contributed by atoms with van der Waals surface area (Å²) in [6.45, 7) is 39.7. The molecule has 0 saturated carbocycles. The van der Waals surface area contributed by atoms with Crippen LogP contribution >= 0.6 is 0 Å². The molecule has 0 spiro atoms. The number of fused-ring (bicyclic) bond motifs is 3. The van der Waals surface area contributed by atoms with E-state index in [4.69, 9.17) is 0 Å². The first kappa shape index (κ1) is 50.5. The van der Waals surface area contributed by atoms with Gasteiger partial charge in [0.2, 0.25) is 0 Å². The Morgan fingerprint density at radius 3 is 1.19 bits per heavy atom. The third-order valence-corrected chi connectivity index (χ3v) is 15.4. The molecule has 0 bridgehead atoms. The fourth-order valence-corrected chi connectivity index (χ4v) is 10.6. The number of hydrogen-bond donors (Lipinski definition) is 0. The predicted molar refractivity (Wildman–Crippen MR) is 314 cm³/mol. The molecule has 368 valence electrons. The summed E-state index contributed by atoms with van der Waals surface area (Å²) in [5, 5.41) is 0. The number of rotatable bonds is 7. The molecular formula is C71H79N. The van der Waals surface area contributed by atoms with Crippen LogP contribution in [0.2, 0.25) is 0 Å². The molecule has 1 aliphatic carbocycles. The molecule has 1 aliphatic rings. The summed E-state index contributed by atoms with van der Waals surface area (Å²) in [4.78, 5) is 2.51. The number of nitrogens with zero attached hydrogens (tertiary/aromatic N) is 1. The van der Waals surface area contributed by atoms with Crippen molar-refractivity contribution in [2.45, 2.75) is 150 Å². The van der Waals surface area contributed by atoms with Gasteiger partial charge >= 0.3 is 0 Å². The zero-order valence-corrected chi connectivity index (χ0v) is 46.6. The van der Waals surface area contributed by atoms with E-state index in [1.165, 1.54) is 94.6 Å². The maximum Gasteiger partial charge on any atom is 0.0540 e. The summed E-state index contributed by atoms with van der Waals surface area (Å²) in [6, 6.07) is 65.4. The summed E-state index contributed by atoms with van der Waals surface area (Å²) in [6.07, 6.45) is 0. The van der Waals surface area contributed by atoms with Gasteiger partial charge in [0.25, 0.3) is 0 Å². The van der Waals surface area contributed by atoms with Crippen LogP contribution in [0.3, 0.4) is 0 Å². The summed E-state index contributed by atoms with van der Waals surface area (Å²) in [7, 11) is 0. The fraction of sp³-hybridized carbons (Fsp3) is 0.324. The van der Waals surface area contributed by atoms with Gasteiger partial charge in [-0.25, -0.2) is 0 Å². The minimum absolute atomic E-state index is 0.0170. The van der Waals surface area contributed by atoms with E-state index in [0.29, 0.717) is 0 Å². The van der Waals surface area contributed by atoms with Crippen molar-refractivity contribution < 1.29 is 0 Å². The van der Waals surface area contributed by atoms with Gasteiger partial charge in [-0.1, -0.05) is 245 Å². The van der Waals surface area contributed by atoms with E-state index in [2.05, 4.69) is 292 Å². The topological polar surface area (TPSA) is 3.24 Å². The third kappa shape index (κ3) is 9.89. The van der Waals surface area contributed by atoms with Crippen LogP contribution in [0.1, 0.15) is 157 Å². The van der Waals surface area contributed by atoms with Crippen molar-refractivity contribution in [3.05, 3.63) is 209 Å². The molecule has 0 saturated heterocycles. The molecule has 0 heterocycles. The van der Waals surface area contributed by atoms with E-state index >= 15 is 0 Å². The molecule has 8 aromatic carbocycles. The van der Waals surface area contributed by atoms with Crippen molar-refractivity contribution >= 4 is 17.1 Å². The lowest BCUT2D eigenvalue weighted by molar-refractivity contribution is 0.568. The van der Waals surface area contributed by atoms with Crippen LogP contribution in [0.4, 0.5) is 17.1 Å². The molecule has 0 aliphatic heterocycles. The number of hydrogen-bond acceptors (Lipinski definition) is 1. The lowest BCUT2D eigenvalue weighted by atomic mass is 9.78. The van der Waals surface area contributed by atoms with Gasteiger partial charge in [-0.2, -0.15) is 0 Å². The molecule has 0 radical (unpaired) electrons. The molecule has 1 heteroatoms. The highest BCUT2D eigenvalue weighted by molar-refractivity contribution is 5.92. The van der Waals surface area contributed by atoms with Gasteiger partial charge in [0, 0.05) is 22.4 Å². The van der Waals surface area contributed by atoms with Crippen molar-refractivity contribution in [2.24, 2.45) is 0 Å². The maximum atomic E-state index is 2.51. The molecule has 72 heavy (non-hydrogen) atoms. The minimum atomic E-state index is -0.146. The van der Waals surface area contributed by atoms with Gasteiger partial charge in [0.1, 0.15) is 0 Å². The van der Waals surface area contributed by atoms with Crippen LogP contribution in [-0.2, 0) is 32.5 Å². The van der Waals surface area contributed by atoms with Crippen molar-refractivity contribution in [2.75, 3.05) is 4.90 Å². The van der Waals surface area contributed by atoms with Crippen molar-refractivity contribution in [3.63, 3.8) is 0 Å². The van der Waals surface area contributed by atoms with Gasteiger partial charge < -0.3 is 4.90 Å². The lowest BCUT2D eigenvalue weighted by Gasteiger charge is -2.31. The minimum Gasteiger partial charge on any atom is -0.310 e. The van der Waals surface area contributed by atoms with E-state index in [1.807, 2.05) is 0 Å². The number of para-hydroxylation sites is 1. The van der Waals surface area contributed by atoms with Crippen LogP contribution in [0, 0.1) is 0 Å². The summed E-state index contributed by atoms with van der Waals surface area (Å²) in [5.74, 6) is 0. The zero-order chi connectivity index (χ0) is 51.9. The zero-order valence-electron chi connectivity index (χ0n) is 46.6. The van der Waals surface area contributed by atoms with Crippen LogP contribution in [0.25, 0.3) is 55.6 Å². The molecule has 0 aromatic heterocycles. The lowest BCUT2D eigenvalue weighted by Crippen LogP contribution is -2.17. The average Bonchev–Trinajstić information content (AvgIpc) is 3.55. The summed E-state index contributed by atoms with van der Waals surface area (Å²) < 4.78 is 0. The highest BCUT2D eigenvalue weighted by Gasteiger charge is 2.36. The average molecular weight is 946 g/mol. The Balaban J connectivity index is 1.21. The van der Waals surface area contributed by atoms with Crippen molar-refractivity contribution in [3.8, 4) is 55.6 Å². The largest absolute Gasteiger partial charge is 0.310 e. The normalized spacial score (nSPS) is 13.7. The molecule has 0 unspecified atom stereocenters. The van der Waals surface area contributed by atoms with Gasteiger partial charge in [0.05, 0.1) is 5.69 Å². The quantitative estimate of drug-likeness (QED) is 0.154. The SMILES string of the molecule is CC(C)(C)c1cc(-c2cccc(-c3cccc(N(c4ccc5c(c4)C(C)(C)c4ccccc4-5)c4ccccc4-c4cc(C(C)(C)C)cc(C(C)(C)C)c4)c3)c2)cc(-c2cc(C(C)(C)C)cc(C(C)(C)C)c2)c1. The Bertz CT molecular complexity index is 3270. The highest BCUT2D eigenvalue weighted by Crippen LogP contribution is 2.52. The van der Waals surface area contributed by atoms with Gasteiger partial charge in [-0.3, -0.25) is 0 Å². The molecule has 0 fully saturated rings. The number of anilines is 3. The first-order valence-electron chi connectivity index (χ1n) is 26.4. The van der Waals surface area contributed by atoms with Crippen molar-refractivity contribution in [1.29, 1.82) is 0 Å². The maximum absolute atomic E-state index is 2.51. The van der Waals surface area contributed by atoms with Crippen LogP contribution in [0.5, 0.6) is 0 Å². The predicted octanol–water partition coefficient (Wildman–Crippen LogP) is 20.6. The molecular weight excluding hydrogens is 867 g/mol. The monoisotopic (exact) mass is 946 g/mol. The first-order valence-corrected chi connectivity index (χ1v) is 26.4. The van der Waals surface area contributed by atoms with E-state index in [0.717, 1.165) is 17.1 Å². The van der Waals surface area contributed by atoms with E-state index < -0.39 is 0 Å². The Morgan fingerprint density at radius 1 is 0.278 bits per heavy atom. The second-order valence-electron chi connectivity index (χ2n) is 26.5. The summed E-state index contributed by atoms with van der Waals surface area (Å²) >= 11 is 0. The molecule has 0 amide bonds. The van der Waals surface area contributed by atoms with Gasteiger partial charge in [0.15, 0.2) is 0 Å². The Hall–Kier alpha value is -6.44. The summed E-state index contributed by atoms with van der Waals surface area (Å²) in [5.41, 5.74) is 25.2. The Kier molecular flexibility index (Phi) is 12.6. The smallest absolute Gasteiger partial charge is 0.0540 e. The molecule has 0 atom stereocenters. The second kappa shape index (κ2) is 17.9. The Morgan fingerprint density at radius 2 is 0.653 bits per heavy atom. The van der Waals surface area contributed by atoms with E-state index in [1.54, 1.807) is 0 Å². The molecule has 8 aromatic rings. The van der Waals surface area contributed by atoms with Crippen molar-refractivity contribution in [1.82, 2.24) is 0 Å². The molecule has 1 nitrogen and oxygen atoms in total. The molecule has 9 rings (SSSR count). The second-order valence-corrected chi connectivity index (χ2v) is 26.5. The van der Waals surface area contributed by atoms with E-state index in [9.17, 15) is 0 Å². The van der Waals surface area contributed by atoms with Crippen LogP contribution < -0.4 is 4.90 Å². The van der Waals surface area contributed by atoms with Crippen LogP contribution in [-0.4, -0.2) is 0 Å². The standard InChI is InChI=1S/C71H79N/c1-66(2,3)53-36-49(35-50(37-53)51-38-54(67(4,5)6)43-55(39-51)68(7,8)9)47-25-22-24-46(34-47)48-26-23-27-58(42-48)72(59-32-33-62-61-29-18-20-30-63(61)71(16,17)64(62)45-59)65-31-21-19-28-60(65)52-40-56(69(10,11)12)44-57(41-52)70(13,14)15/h18-45H,1-17H3. The number of benzene rings is 8. The molecule has 0 N–H and O–H groups in total. The van der Waals surface area contributed by atoms with Crippen LogP contribution in [0.15, 0.2) is 170 Å². The Labute approximate surface area is 434 Å². The van der Waals surface area contributed by atoms with Gasteiger partial charge in [-0.05, 0) is 159 Å². The highest BCUT2D eigenvalue weighted by atomic mass is 15.1.